The van der Waals surface area contributed by atoms with Crippen molar-refractivity contribution in [2.75, 3.05) is 0 Å². The van der Waals surface area contributed by atoms with Gasteiger partial charge in [-0.3, -0.25) is 0 Å². The second kappa shape index (κ2) is 292. The van der Waals surface area contributed by atoms with E-state index in [2.05, 4.69) is 0 Å². The van der Waals surface area contributed by atoms with E-state index in [9.17, 15) is 0 Å². The molecule has 0 aromatic heterocycles. The Hall–Kier alpha value is 2.33. The Labute approximate surface area is 117 Å². The summed E-state index contributed by atoms with van der Waals surface area (Å²) in [5.41, 5.74) is 0. The van der Waals surface area contributed by atoms with Crippen LogP contribution in [0.25, 0.3) is 0 Å². The molecule has 0 fully saturated rings. The first-order valence-electron chi connectivity index (χ1n) is 0. The molecule has 0 aromatic carbocycles. The van der Waals surface area contributed by atoms with Crippen LogP contribution in [0.15, 0.2) is 0 Å². The van der Waals surface area contributed by atoms with Gasteiger partial charge in [-0.25, -0.2) is 0 Å². The monoisotopic (exact) mass is 359 g/mol. The molecule has 1 radical (unpaired) electrons. The molecular formula is H8Cl5Fe2O4. The standard InChI is InChI=1S/5ClH.2Fe.4H2O/h5*1H;;;4*1H2/q;;;;;+2;+3;;;;/p-5. The van der Waals surface area contributed by atoms with Gasteiger partial charge < -0.3 is 83.9 Å². The van der Waals surface area contributed by atoms with Crippen molar-refractivity contribution in [3.05, 3.63) is 0 Å². The van der Waals surface area contributed by atoms with Crippen LogP contribution < -0.4 is 62.0 Å². The molecule has 8 N–H and O–H groups in total. The third kappa shape index (κ3) is 243. The van der Waals surface area contributed by atoms with E-state index in [-0.39, 0.29) is 118 Å². The zero-order chi connectivity index (χ0) is 0. The summed E-state index contributed by atoms with van der Waals surface area (Å²) >= 11 is 0. The molecule has 0 heterocycles. The van der Waals surface area contributed by atoms with E-state index in [4.69, 9.17) is 0 Å². The minimum atomic E-state index is 0. The van der Waals surface area contributed by atoms with E-state index in [1.807, 2.05) is 0 Å². The van der Waals surface area contributed by atoms with Crippen LogP contribution in [0, 0.1) is 0 Å². The fourth-order valence-corrected chi connectivity index (χ4v) is 0. The molecule has 0 amide bonds. The molecule has 0 unspecified atom stereocenters. The average Bonchev–Trinajstić information content (AvgIpc) is 0. The van der Waals surface area contributed by atoms with Gasteiger partial charge in [0.2, 0.25) is 0 Å². The van der Waals surface area contributed by atoms with Crippen molar-refractivity contribution < 1.29 is 118 Å². The summed E-state index contributed by atoms with van der Waals surface area (Å²) in [5, 5.41) is 0. The predicted molar refractivity (Wildman–Crippen MR) is 14.5 cm³/mol. The normalized spacial score (nSPS) is 0. The fourth-order valence-electron chi connectivity index (χ4n) is 0. The van der Waals surface area contributed by atoms with Gasteiger partial charge in [0.15, 0.2) is 0 Å². The summed E-state index contributed by atoms with van der Waals surface area (Å²) in [6, 6.07) is 0. The van der Waals surface area contributed by atoms with Crippen LogP contribution in [0.1, 0.15) is 0 Å². The van der Waals surface area contributed by atoms with Gasteiger partial charge in [-0.2, -0.15) is 0 Å². The Morgan fingerprint density at radius 1 is 0.364 bits per heavy atom. The Balaban J connectivity index is 0. The number of halogens is 5. The third-order valence-corrected chi connectivity index (χ3v) is 0. The quantitative estimate of drug-likeness (QED) is 0.380. The summed E-state index contributed by atoms with van der Waals surface area (Å²) in [5.74, 6) is 0. The van der Waals surface area contributed by atoms with Crippen molar-refractivity contribution in [1.29, 1.82) is 0 Å². The molecule has 0 saturated heterocycles. The van der Waals surface area contributed by atoms with Gasteiger partial charge in [-0.15, -0.1) is 0 Å². The third-order valence-electron chi connectivity index (χ3n) is 0. The van der Waals surface area contributed by atoms with E-state index >= 15 is 0 Å². The van der Waals surface area contributed by atoms with Gasteiger partial charge in [0.05, 0.1) is 0 Å². The van der Waals surface area contributed by atoms with Gasteiger partial charge in [0, 0.05) is 0 Å². The Bertz CT molecular complexity index is 16.4. The minimum Gasteiger partial charge on any atom is -1.00 e. The maximum Gasteiger partial charge on any atom is 3.00 e. The Kier molecular flexibility index (Phi) is 9910. The minimum absolute atomic E-state index is 0. The molecule has 83 valence electrons. The summed E-state index contributed by atoms with van der Waals surface area (Å²) in [6.45, 7) is 0. The average molecular weight is 361 g/mol. The van der Waals surface area contributed by atoms with Crippen LogP contribution in [0.2, 0.25) is 0 Å². The maximum absolute atomic E-state index is 0. The van der Waals surface area contributed by atoms with Crippen molar-refractivity contribution in [1.82, 2.24) is 0 Å². The number of hydrogen-bond acceptors (Lipinski definition) is 0. The molecule has 0 aromatic rings. The number of rotatable bonds is 0. The summed E-state index contributed by atoms with van der Waals surface area (Å²) in [7, 11) is 0. The molecule has 11 heteroatoms. The van der Waals surface area contributed by atoms with Crippen molar-refractivity contribution >= 4 is 0 Å². The second-order valence-corrected chi connectivity index (χ2v) is 0. The van der Waals surface area contributed by atoms with Gasteiger partial charge in [0.1, 0.15) is 0 Å². The maximum atomic E-state index is 0. The first kappa shape index (κ1) is 374. The molecular weight excluding hydrogens is 353 g/mol. The molecule has 0 bridgehead atoms. The summed E-state index contributed by atoms with van der Waals surface area (Å²) in [6.07, 6.45) is 0. The topological polar surface area (TPSA) is 126 Å². The molecule has 0 rings (SSSR count). The van der Waals surface area contributed by atoms with Crippen LogP contribution in [0.3, 0.4) is 0 Å². The molecule has 0 saturated carbocycles. The van der Waals surface area contributed by atoms with Gasteiger partial charge in [-0.1, -0.05) is 0 Å². The zero-order valence-corrected chi connectivity index (χ0v) is 10.6. The van der Waals surface area contributed by atoms with Crippen molar-refractivity contribution in [2.45, 2.75) is 0 Å². The molecule has 0 aliphatic rings. The van der Waals surface area contributed by atoms with Crippen LogP contribution in [-0.4, -0.2) is 21.9 Å². The van der Waals surface area contributed by atoms with Crippen molar-refractivity contribution in [2.24, 2.45) is 0 Å². The van der Waals surface area contributed by atoms with Crippen LogP contribution in [0.4, 0.5) is 0 Å². The van der Waals surface area contributed by atoms with Crippen molar-refractivity contribution in [3.63, 3.8) is 0 Å². The molecule has 4 nitrogen and oxygen atoms in total. The van der Waals surface area contributed by atoms with E-state index in [0.717, 1.165) is 0 Å². The predicted octanol–water partition coefficient (Wildman–Crippen LogP) is -18.3. The summed E-state index contributed by atoms with van der Waals surface area (Å²) < 4.78 is 0. The number of hydrogen-bond donors (Lipinski definition) is 0. The van der Waals surface area contributed by atoms with E-state index in [1.54, 1.807) is 0 Å². The molecule has 0 atom stereocenters. The molecule has 0 aliphatic heterocycles. The molecule has 0 aliphatic carbocycles. The Morgan fingerprint density at radius 3 is 0.364 bits per heavy atom. The second-order valence-electron chi connectivity index (χ2n) is 0. The molecule has 0 spiro atoms. The Morgan fingerprint density at radius 2 is 0.364 bits per heavy atom. The zero-order valence-electron chi connectivity index (χ0n) is 4.60. The smallest absolute Gasteiger partial charge is 1.00 e. The van der Waals surface area contributed by atoms with E-state index in [0.29, 0.717) is 0 Å². The van der Waals surface area contributed by atoms with Crippen molar-refractivity contribution in [3.8, 4) is 0 Å². The molecule has 11 heavy (non-hydrogen) atoms. The first-order chi connectivity index (χ1) is 0. The van der Waals surface area contributed by atoms with Crippen LogP contribution >= 0.6 is 0 Å². The summed E-state index contributed by atoms with van der Waals surface area (Å²) in [4.78, 5) is 0. The first-order valence-corrected chi connectivity index (χ1v) is 0. The van der Waals surface area contributed by atoms with Gasteiger partial charge in [0.25, 0.3) is 0 Å². The van der Waals surface area contributed by atoms with Crippen LogP contribution in [-0.2, 0) is 34.1 Å². The van der Waals surface area contributed by atoms with E-state index in [1.165, 1.54) is 0 Å². The van der Waals surface area contributed by atoms with Gasteiger partial charge in [-0.05, 0) is 0 Å². The van der Waals surface area contributed by atoms with Gasteiger partial charge >= 0.3 is 34.1 Å². The largest absolute Gasteiger partial charge is 3.00 e. The SMILES string of the molecule is O.O.O.O.[Cl-].[Cl-].[Cl-].[Cl-].[Cl-].[Fe+2].[Fe+3]. The fraction of sp³-hybridized carbons (Fsp3) is 0. The van der Waals surface area contributed by atoms with Crippen LogP contribution in [0.5, 0.6) is 0 Å². The van der Waals surface area contributed by atoms with E-state index < -0.39 is 0 Å².